The van der Waals surface area contributed by atoms with Crippen LogP contribution in [-0.4, -0.2) is 24.4 Å². The molecule has 3 nitrogen and oxygen atoms in total. The summed E-state index contributed by atoms with van der Waals surface area (Å²) in [6.07, 6.45) is 4.09. The number of ether oxygens (including phenoxy) is 1. The average molecular weight is 393 g/mol. The first-order valence-corrected chi connectivity index (χ1v) is 8.13. The van der Waals surface area contributed by atoms with Gasteiger partial charge < -0.3 is 15.2 Å². The maximum atomic E-state index is 9.94. The van der Waals surface area contributed by atoms with E-state index in [-0.39, 0.29) is 12.1 Å². The molecule has 0 aromatic heterocycles. The number of nitrogens with one attached hydrogen (secondary N) is 1. The summed E-state index contributed by atoms with van der Waals surface area (Å²) in [5, 5.41) is 13.4. The number of benzene rings is 1. The Kier molecular flexibility index (Phi) is 5.69. The Bertz CT molecular complexity index is 416. The fraction of sp³-hybridized carbons (Fsp3) is 0.571. The normalized spacial score (nSPS) is 23.4. The predicted molar refractivity (Wildman–Crippen MR) is 83.5 cm³/mol. The number of rotatable bonds is 4. The number of aliphatic hydroxyl groups is 1. The molecule has 0 aliphatic heterocycles. The number of halogens is 2. The first kappa shape index (κ1) is 15.3. The Morgan fingerprint density at radius 1 is 1.26 bits per heavy atom. The molecule has 106 valence electrons. The van der Waals surface area contributed by atoms with Gasteiger partial charge >= 0.3 is 0 Å². The lowest BCUT2D eigenvalue weighted by atomic mass is 9.92. The molecule has 2 unspecified atom stereocenters. The highest BCUT2D eigenvalue weighted by Gasteiger charge is 2.22. The molecule has 0 spiro atoms. The van der Waals surface area contributed by atoms with Crippen molar-refractivity contribution in [2.75, 3.05) is 7.11 Å². The lowest BCUT2D eigenvalue weighted by Crippen LogP contribution is -2.41. The summed E-state index contributed by atoms with van der Waals surface area (Å²) >= 11 is 7.01. The van der Waals surface area contributed by atoms with Crippen LogP contribution >= 0.6 is 31.9 Å². The van der Waals surface area contributed by atoms with Crippen LogP contribution in [0.15, 0.2) is 21.1 Å². The van der Waals surface area contributed by atoms with E-state index in [1.54, 1.807) is 7.11 Å². The third kappa shape index (κ3) is 3.94. The van der Waals surface area contributed by atoms with Gasteiger partial charge in [0.2, 0.25) is 0 Å². The highest BCUT2D eigenvalue weighted by atomic mass is 79.9. The van der Waals surface area contributed by atoms with E-state index >= 15 is 0 Å². The van der Waals surface area contributed by atoms with E-state index in [4.69, 9.17) is 4.74 Å². The molecule has 2 atom stereocenters. The van der Waals surface area contributed by atoms with Crippen molar-refractivity contribution in [3.05, 3.63) is 26.6 Å². The molecule has 0 radical (unpaired) electrons. The summed E-state index contributed by atoms with van der Waals surface area (Å²) in [6.45, 7) is 0.753. The van der Waals surface area contributed by atoms with Crippen LogP contribution in [0.1, 0.15) is 31.2 Å². The van der Waals surface area contributed by atoms with Crippen molar-refractivity contribution >= 4 is 31.9 Å². The minimum atomic E-state index is -0.209. The number of hydrogen-bond donors (Lipinski definition) is 2. The average Bonchev–Trinajstić information content (AvgIpc) is 2.37. The first-order chi connectivity index (χ1) is 9.11. The minimum absolute atomic E-state index is 0.209. The molecule has 1 aromatic rings. The highest BCUT2D eigenvalue weighted by molar-refractivity contribution is 9.11. The highest BCUT2D eigenvalue weighted by Crippen LogP contribution is 2.34. The van der Waals surface area contributed by atoms with E-state index in [0.717, 1.165) is 46.1 Å². The summed E-state index contributed by atoms with van der Waals surface area (Å²) in [6, 6.07) is 4.31. The molecule has 1 saturated carbocycles. The molecule has 1 aromatic carbocycles. The summed E-state index contributed by atoms with van der Waals surface area (Å²) in [4.78, 5) is 0. The van der Waals surface area contributed by atoms with Crippen LogP contribution in [-0.2, 0) is 6.54 Å². The molecule has 1 aliphatic carbocycles. The Labute approximate surface area is 131 Å². The quantitative estimate of drug-likeness (QED) is 0.822. The second kappa shape index (κ2) is 7.07. The van der Waals surface area contributed by atoms with Gasteiger partial charge in [-0.05, 0) is 62.4 Å². The van der Waals surface area contributed by atoms with Gasteiger partial charge in [-0.3, -0.25) is 0 Å². The SMILES string of the molecule is COc1c(Br)cc(CNC2CCCCC2O)cc1Br. The van der Waals surface area contributed by atoms with E-state index in [1.165, 1.54) is 6.42 Å². The summed E-state index contributed by atoms with van der Waals surface area (Å²) < 4.78 is 7.16. The molecular weight excluding hydrogens is 374 g/mol. The van der Waals surface area contributed by atoms with E-state index in [2.05, 4.69) is 37.2 Å². The van der Waals surface area contributed by atoms with Gasteiger partial charge in [0.1, 0.15) is 5.75 Å². The van der Waals surface area contributed by atoms with Crippen LogP contribution in [0.3, 0.4) is 0 Å². The van der Waals surface area contributed by atoms with Crippen LogP contribution in [0.25, 0.3) is 0 Å². The van der Waals surface area contributed by atoms with Gasteiger partial charge in [-0.25, -0.2) is 0 Å². The maximum absolute atomic E-state index is 9.94. The number of hydrogen-bond acceptors (Lipinski definition) is 3. The van der Waals surface area contributed by atoms with Gasteiger partial charge in [-0.2, -0.15) is 0 Å². The second-order valence-electron chi connectivity index (χ2n) is 4.93. The molecule has 2 N–H and O–H groups in total. The molecule has 2 rings (SSSR count). The van der Waals surface area contributed by atoms with Crippen molar-refractivity contribution in [2.24, 2.45) is 0 Å². The Balaban J connectivity index is 1.99. The van der Waals surface area contributed by atoms with E-state index in [1.807, 2.05) is 12.1 Å². The second-order valence-corrected chi connectivity index (χ2v) is 6.64. The zero-order chi connectivity index (χ0) is 13.8. The van der Waals surface area contributed by atoms with Crippen LogP contribution in [0.4, 0.5) is 0 Å². The van der Waals surface area contributed by atoms with Gasteiger partial charge in [0, 0.05) is 12.6 Å². The summed E-state index contributed by atoms with van der Waals surface area (Å²) in [5.41, 5.74) is 1.16. The lowest BCUT2D eigenvalue weighted by Gasteiger charge is -2.28. The van der Waals surface area contributed by atoms with Crippen molar-refractivity contribution < 1.29 is 9.84 Å². The molecule has 0 amide bonds. The Morgan fingerprint density at radius 2 is 1.89 bits per heavy atom. The van der Waals surface area contributed by atoms with Crippen molar-refractivity contribution in [2.45, 2.75) is 44.4 Å². The van der Waals surface area contributed by atoms with Gasteiger partial charge in [0.05, 0.1) is 22.2 Å². The Morgan fingerprint density at radius 3 is 2.47 bits per heavy atom. The molecule has 5 heteroatoms. The van der Waals surface area contributed by atoms with Crippen molar-refractivity contribution in [1.29, 1.82) is 0 Å². The summed E-state index contributed by atoms with van der Waals surface area (Å²) in [7, 11) is 1.65. The molecular formula is C14H19Br2NO2. The zero-order valence-corrected chi connectivity index (χ0v) is 14.1. The van der Waals surface area contributed by atoms with Gasteiger partial charge in [0.25, 0.3) is 0 Å². The third-order valence-electron chi connectivity index (χ3n) is 3.56. The van der Waals surface area contributed by atoms with Gasteiger partial charge in [-0.1, -0.05) is 12.8 Å². The fourth-order valence-electron chi connectivity index (χ4n) is 2.51. The topological polar surface area (TPSA) is 41.5 Å². The molecule has 19 heavy (non-hydrogen) atoms. The smallest absolute Gasteiger partial charge is 0.147 e. The minimum Gasteiger partial charge on any atom is -0.494 e. The van der Waals surface area contributed by atoms with Gasteiger partial charge in [-0.15, -0.1) is 0 Å². The standard InChI is InChI=1S/C14H19Br2NO2/c1-19-14-10(15)6-9(7-11(14)16)8-17-12-4-2-3-5-13(12)18/h6-7,12-13,17-18H,2-5,8H2,1H3. The summed E-state index contributed by atoms with van der Waals surface area (Å²) in [5.74, 6) is 0.807. The van der Waals surface area contributed by atoms with E-state index in [9.17, 15) is 5.11 Å². The van der Waals surface area contributed by atoms with Gasteiger partial charge in [0.15, 0.2) is 0 Å². The van der Waals surface area contributed by atoms with E-state index < -0.39 is 0 Å². The maximum Gasteiger partial charge on any atom is 0.147 e. The van der Waals surface area contributed by atoms with Crippen LogP contribution in [0.2, 0.25) is 0 Å². The monoisotopic (exact) mass is 391 g/mol. The fourth-order valence-corrected chi connectivity index (χ4v) is 4.11. The zero-order valence-electron chi connectivity index (χ0n) is 11.0. The lowest BCUT2D eigenvalue weighted by molar-refractivity contribution is 0.0902. The van der Waals surface area contributed by atoms with Crippen molar-refractivity contribution in [3.63, 3.8) is 0 Å². The van der Waals surface area contributed by atoms with Crippen LogP contribution in [0.5, 0.6) is 5.75 Å². The molecule has 0 saturated heterocycles. The molecule has 1 fully saturated rings. The predicted octanol–water partition coefficient (Wildman–Crippen LogP) is 3.61. The Hall–Kier alpha value is -0.100. The molecule has 1 aliphatic rings. The van der Waals surface area contributed by atoms with Crippen LogP contribution < -0.4 is 10.1 Å². The molecule has 0 heterocycles. The largest absolute Gasteiger partial charge is 0.494 e. The van der Waals surface area contributed by atoms with E-state index in [0.29, 0.717) is 0 Å². The first-order valence-electron chi connectivity index (χ1n) is 6.55. The van der Waals surface area contributed by atoms with Crippen molar-refractivity contribution in [3.8, 4) is 5.75 Å². The number of aliphatic hydroxyl groups excluding tert-OH is 1. The van der Waals surface area contributed by atoms with Crippen molar-refractivity contribution in [1.82, 2.24) is 5.32 Å². The number of methoxy groups -OCH3 is 1. The third-order valence-corrected chi connectivity index (χ3v) is 4.74. The van der Waals surface area contributed by atoms with Crippen LogP contribution in [0, 0.1) is 0 Å². The molecule has 0 bridgehead atoms.